The van der Waals surface area contributed by atoms with Gasteiger partial charge in [-0.25, -0.2) is 15.4 Å². The molecule has 0 radical (unpaired) electrons. The lowest BCUT2D eigenvalue weighted by atomic mass is 10.2. The van der Waals surface area contributed by atoms with Crippen molar-refractivity contribution in [2.45, 2.75) is 19.1 Å². The van der Waals surface area contributed by atoms with Crippen LogP contribution in [0.4, 0.5) is 13.2 Å². The van der Waals surface area contributed by atoms with Crippen LogP contribution in [0.25, 0.3) is 0 Å². The van der Waals surface area contributed by atoms with Gasteiger partial charge in [-0.05, 0) is 0 Å². The molecule has 20 heavy (non-hydrogen) atoms. The van der Waals surface area contributed by atoms with Crippen molar-refractivity contribution in [3.05, 3.63) is 23.8 Å². The number of halogens is 3. The molecule has 1 aromatic heterocycles. The molecule has 2 rings (SSSR count). The highest BCUT2D eigenvalue weighted by Crippen LogP contribution is 2.25. The summed E-state index contributed by atoms with van der Waals surface area (Å²) in [7, 11) is 0. The lowest BCUT2D eigenvalue weighted by Crippen LogP contribution is -2.30. The van der Waals surface area contributed by atoms with Crippen LogP contribution in [0.15, 0.2) is 17.5 Å². The van der Waals surface area contributed by atoms with Gasteiger partial charge in [-0.3, -0.25) is 9.59 Å². The molecular weight excluding hydrogens is 279 g/mol. The fourth-order valence-electron chi connectivity index (χ4n) is 1.37. The van der Waals surface area contributed by atoms with E-state index in [-0.39, 0.29) is 18.7 Å². The zero-order chi connectivity index (χ0) is 14.8. The summed E-state index contributed by atoms with van der Waals surface area (Å²) >= 11 is 0. The highest BCUT2D eigenvalue weighted by atomic mass is 19.4. The predicted octanol–water partition coefficient (Wildman–Crippen LogP) is -0.0125. The molecule has 0 unspecified atom stereocenters. The summed E-state index contributed by atoms with van der Waals surface area (Å²) in [5.74, 6) is -2.22. The standard InChI is InChI=1S/C10H8F3N5O2/c11-10(12,13)9-15-3-5(4-16-9)2-14-8(20)6-1-7(19)18-17-6/h3-4H,1-2H2,(H,14,20)(H,18,19). The third-order valence-corrected chi connectivity index (χ3v) is 2.32. The Balaban J connectivity index is 1.91. The van der Waals surface area contributed by atoms with Crippen LogP contribution in [0.2, 0.25) is 0 Å². The Labute approximate surface area is 110 Å². The number of aromatic nitrogens is 2. The molecule has 1 aliphatic rings. The number of hydrazone groups is 1. The quantitative estimate of drug-likeness (QED) is 0.817. The zero-order valence-electron chi connectivity index (χ0n) is 9.86. The summed E-state index contributed by atoms with van der Waals surface area (Å²) in [4.78, 5) is 28.7. The van der Waals surface area contributed by atoms with Gasteiger partial charge in [0.25, 0.3) is 5.91 Å². The summed E-state index contributed by atoms with van der Waals surface area (Å²) in [6, 6.07) is 0. The SMILES string of the molecule is O=C1CC(C(=O)NCc2cnc(C(F)(F)F)nc2)=NN1. The first-order chi connectivity index (χ1) is 9.36. The van der Waals surface area contributed by atoms with Crippen molar-refractivity contribution in [2.75, 3.05) is 0 Å². The van der Waals surface area contributed by atoms with Crippen molar-refractivity contribution < 1.29 is 22.8 Å². The topological polar surface area (TPSA) is 96.3 Å². The molecule has 7 nitrogen and oxygen atoms in total. The van der Waals surface area contributed by atoms with Crippen molar-refractivity contribution in [3.8, 4) is 0 Å². The van der Waals surface area contributed by atoms with Crippen LogP contribution in [0, 0.1) is 0 Å². The number of nitrogens with zero attached hydrogens (tertiary/aromatic N) is 3. The Hall–Kier alpha value is -2.52. The second-order valence-corrected chi connectivity index (χ2v) is 3.87. The van der Waals surface area contributed by atoms with Crippen LogP contribution in [0.3, 0.4) is 0 Å². The highest BCUT2D eigenvalue weighted by molar-refractivity contribution is 6.43. The van der Waals surface area contributed by atoms with E-state index >= 15 is 0 Å². The van der Waals surface area contributed by atoms with E-state index < -0.39 is 23.8 Å². The molecule has 2 heterocycles. The predicted molar refractivity (Wildman–Crippen MR) is 59.1 cm³/mol. The molecular formula is C10H8F3N5O2. The molecule has 1 aliphatic heterocycles. The molecule has 0 aliphatic carbocycles. The highest BCUT2D eigenvalue weighted by Gasteiger charge is 2.34. The van der Waals surface area contributed by atoms with Crippen LogP contribution < -0.4 is 10.7 Å². The average molecular weight is 287 g/mol. The third-order valence-electron chi connectivity index (χ3n) is 2.32. The van der Waals surface area contributed by atoms with Crippen LogP contribution in [-0.4, -0.2) is 27.5 Å². The zero-order valence-corrected chi connectivity index (χ0v) is 9.86. The number of nitrogens with one attached hydrogen (secondary N) is 2. The summed E-state index contributed by atoms with van der Waals surface area (Å²) in [5, 5.41) is 5.90. The first kappa shape index (κ1) is 13.9. The molecule has 0 bridgehead atoms. The summed E-state index contributed by atoms with van der Waals surface area (Å²) in [6.45, 7) is -0.0653. The monoisotopic (exact) mass is 287 g/mol. The van der Waals surface area contributed by atoms with E-state index in [1.54, 1.807) is 0 Å². The van der Waals surface area contributed by atoms with Crippen LogP contribution >= 0.6 is 0 Å². The van der Waals surface area contributed by atoms with Gasteiger partial charge in [0.05, 0.1) is 6.42 Å². The van der Waals surface area contributed by atoms with Gasteiger partial charge in [-0.15, -0.1) is 0 Å². The van der Waals surface area contributed by atoms with Gasteiger partial charge in [-0.2, -0.15) is 18.3 Å². The minimum atomic E-state index is -4.60. The van der Waals surface area contributed by atoms with Crippen molar-refractivity contribution >= 4 is 17.5 Å². The van der Waals surface area contributed by atoms with E-state index in [9.17, 15) is 22.8 Å². The van der Waals surface area contributed by atoms with Crippen molar-refractivity contribution in [2.24, 2.45) is 5.10 Å². The minimum absolute atomic E-state index is 0.0165. The first-order valence-corrected chi connectivity index (χ1v) is 5.38. The maximum atomic E-state index is 12.2. The molecule has 0 saturated carbocycles. The maximum Gasteiger partial charge on any atom is 0.451 e. The van der Waals surface area contributed by atoms with Gasteiger partial charge in [0.15, 0.2) is 0 Å². The lowest BCUT2D eigenvalue weighted by molar-refractivity contribution is -0.145. The molecule has 1 aromatic rings. The lowest BCUT2D eigenvalue weighted by Gasteiger charge is -2.06. The molecule has 10 heteroatoms. The van der Waals surface area contributed by atoms with Crippen molar-refractivity contribution in [1.82, 2.24) is 20.7 Å². The number of carbonyl (C=O) groups is 2. The normalized spacial score (nSPS) is 14.8. The molecule has 2 N–H and O–H groups in total. The molecule has 0 spiro atoms. The average Bonchev–Trinajstić information content (AvgIpc) is 2.82. The van der Waals surface area contributed by atoms with Crippen molar-refractivity contribution in [1.29, 1.82) is 0 Å². The first-order valence-electron chi connectivity index (χ1n) is 5.38. The van der Waals surface area contributed by atoms with Gasteiger partial charge in [0, 0.05) is 24.5 Å². The molecule has 106 valence electrons. The van der Waals surface area contributed by atoms with Gasteiger partial charge < -0.3 is 5.32 Å². The van der Waals surface area contributed by atoms with E-state index in [2.05, 4.69) is 25.8 Å². The Morgan fingerprint density at radius 2 is 2.00 bits per heavy atom. The Bertz CT molecular complexity index is 567. The van der Waals surface area contributed by atoms with E-state index in [4.69, 9.17) is 0 Å². The number of hydrogen-bond acceptors (Lipinski definition) is 5. The Morgan fingerprint density at radius 1 is 1.35 bits per heavy atom. The van der Waals surface area contributed by atoms with Gasteiger partial charge >= 0.3 is 6.18 Å². The second-order valence-electron chi connectivity index (χ2n) is 3.87. The molecule has 0 saturated heterocycles. The summed E-state index contributed by atoms with van der Waals surface area (Å²) < 4.78 is 36.7. The van der Waals surface area contributed by atoms with E-state index in [0.717, 1.165) is 12.4 Å². The molecule has 0 fully saturated rings. The fourth-order valence-corrected chi connectivity index (χ4v) is 1.37. The van der Waals surface area contributed by atoms with Crippen LogP contribution in [0.5, 0.6) is 0 Å². The smallest absolute Gasteiger partial charge is 0.347 e. The van der Waals surface area contributed by atoms with Gasteiger partial charge in [0.1, 0.15) is 5.71 Å². The van der Waals surface area contributed by atoms with E-state index in [1.165, 1.54) is 0 Å². The number of rotatable bonds is 3. The maximum absolute atomic E-state index is 12.2. The number of alkyl halides is 3. The van der Waals surface area contributed by atoms with Gasteiger partial charge in [0.2, 0.25) is 11.7 Å². The minimum Gasteiger partial charge on any atom is -0.347 e. The van der Waals surface area contributed by atoms with E-state index in [1.807, 2.05) is 0 Å². The van der Waals surface area contributed by atoms with Crippen LogP contribution in [0.1, 0.15) is 17.8 Å². The van der Waals surface area contributed by atoms with E-state index in [0.29, 0.717) is 5.56 Å². The largest absolute Gasteiger partial charge is 0.451 e. The molecule has 2 amide bonds. The summed E-state index contributed by atoms with van der Waals surface area (Å²) in [5.41, 5.74) is 2.42. The molecule has 0 aromatic carbocycles. The number of amides is 2. The third kappa shape index (κ3) is 3.28. The molecule has 0 atom stereocenters. The number of hydrogen-bond donors (Lipinski definition) is 2. The van der Waals surface area contributed by atoms with Crippen molar-refractivity contribution in [3.63, 3.8) is 0 Å². The van der Waals surface area contributed by atoms with Crippen LogP contribution in [-0.2, 0) is 22.3 Å². The summed E-state index contributed by atoms with van der Waals surface area (Å²) in [6.07, 6.45) is -2.80. The Kier molecular flexibility index (Phi) is 3.63. The van der Waals surface area contributed by atoms with Gasteiger partial charge in [-0.1, -0.05) is 0 Å². The number of carbonyl (C=O) groups excluding carboxylic acids is 2. The second kappa shape index (κ2) is 5.23. The fraction of sp³-hybridized carbons (Fsp3) is 0.300. The Morgan fingerprint density at radius 3 is 2.50 bits per heavy atom.